The second kappa shape index (κ2) is 9.77. The topological polar surface area (TPSA) is 42.9 Å². The second-order valence-corrected chi connectivity index (χ2v) is 5.30. The number of guanidine groups is 1. The number of halogens is 1. The van der Waals surface area contributed by atoms with Crippen molar-refractivity contribution >= 4 is 29.9 Å². The quantitative estimate of drug-likeness (QED) is 0.429. The summed E-state index contributed by atoms with van der Waals surface area (Å²) in [6.07, 6.45) is 1.10. The molecule has 1 heterocycles. The molecule has 0 aliphatic carbocycles. The van der Waals surface area contributed by atoms with Crippen molar-refractivity contribution < 1.29 is 0 Å². The van der Waals surface area contributed by atoms with Gasteiger partial charge in [-0.2, -0.15) is 0 Å². The average molecular weight is 383 g/mol. The molecule has 2 atom stereocenters. The Morgan fingerprint density at radius 3 is 2.63 bits per heavy atom. The van der Waals surface area contributed by atoms with Gasteiger partial charge >= 0.3 is 0 Å². The third-order valence-corrected chi connectivity index (χ3v) is 3.70. The van der Waals surface area contributed by atoms with E-state index >= 15 is 0 Å². The summed E-state index contributed by atoms with van der Waals surface area (Å²) in [7, 11) is 6.21. The third-order valence-electron chi connectivity index (χ3n) is 3.70. The molecule has 6 heteroatoms. The highest BCUT2D eigenvalue weighted by Gasteiger charge is 2.22. The Morgan fingerprint density at radius 2 is 2.05 bits per heavy atom. The lowest BCUT2D eigenvalue weighted by molar-refractivity contribution is 0.116. The summed E-state index contributed by atoms with van der Waals surface area (Å²) in [6, 6.07) is 1.02. The summed E-state index contributed by atoms with van der Waals surface area (Å²) in [5.41, 5.74) is 0. The predicted octanol–water partition coefficient (Wildman–Crippen LogP) is 0.814. The summed E-state index contributed by atoms with van der Waals surface area (Å²) in [5, 5.41) is 6.81. The summed E-state index contributed by atoms with van der Waals surface area (Å²) >= 11 is 0. The van der Waals surface area contributed by atoms with Gasteiger partial charge in [-0.25, -0.2) is 0 Å². The van der Waals surface area contributed by atoms with Crippen molar-refractivity contribution in [3.63, 3.8) is 0 Å². The molecule has 1 fully saturated rings. The molecule has 1 aliphatic heterocycles. The van der Waals surface area contributed by atoms with Crippen molar-refractivity contribution in [2.75, 3.05) is 47.3 Å². The van der Waals surface area contributed by atoms with Gasteiger partial charge in [0.15, 0.2) is 5.96 Å². The second-order valence-electron chi connectivity index (χ2n) is 5.30. The summed E-state index contributed by atoms with van der Waals surface area (Å²) in [6.45, 7) is 8.70. The first-order valence-electron chi connectivity index (χ1n) is 6.92. The number of hydrogen-bond acceptors (Lipinski definition) is 3. The molecule has 1 aliphatic rings. The molecular formula is C13H30IN5. The van der Waals surface area contributed by atoms with E-state index in [0.717, 1.165) is 38.6 Å². The molecule has 0 aromatic rings. The first-order chi connectivity index (χ1) is 8.56. The molecule has 0 amide bonds. The first-order valence-corrected chi connectivity index (χ1v) is 6.92. The van der Waals surface area contributed by atoms with Crippen molar-refractivity contribution in [2.45, 2.75) is 32.4 Å². The zero-order valence-corrected chi connectivity index (χ0v) is 15.3. The molecule has 0 saturated carbocycles. The van der Waals surface area contributed by atoms with Crippen LogP contribution < -0.4 is 10.6 Å². The van der Waals surface area contributed by atoms with E-state index in [1.54, 1.807) is 0 Å². The van der Waals surface area contributed by atoms with Crippen LogP contribution in [0.1, 0.15) is 20.3 Å². The minimum Gasteiger partial charge on any atom is -0.355 e. The van der Waals surface area contributed by atoms with Crippen LogP contribution >= 0.6 is 24.0 Å². The van der Waals surface area contributed by atoms with Crippen LogP contribution in [0.5, 0.6) is 0 Å². The number of rotatable bonds is 4. The van der Waals surface area contributed by atoms with Crippen LogP contribution in [0.3, 0.4) is 0 Å². The molecule has 114 valence electrons. The normalized spacial score (nSPS) is 23.6. The third kappa shape index (κ3) is 6.76. The lowest BCUT2D eigenvalue weighted by atomic mass is 10.2. The van der Waals surface area contributed by atoms with Crippen molar-refractivity contribution in [1.29, 1.82) is 0 Å². The minimum absolute atomic E-state index is 0. The van der Waals surface area contributed by atoms with E-state index in [9.17, 15) is 0 Å². The van der Waals surface area contributed by atoms with Gasteiger partial charge in [-0.3, -0.25) is 9.89 Å². The van der Waals surface area contributed by atoms with Gasteiger partial charge in [0.2, 0.25) is 0 Å². The lowest BCUT2D eigenvalue weighted by Gasteiger charge is -2.38. The van der Waals surface area contributed by atoms with E-state index < -0.39 is 0 Å². The van der Waals surface area contributed by atoms with Crippen molar-refractivity contribution in [3.8, 4) is 0 Å². The molecule has 0 aromatic heterocycles. The van der Waals surface area contributed by atoms with Crippen LogP contribution in [0.4, 0.5) is 0 Å². The Hall–Kier alpha value is -0.0800. The molecule has 0 spiro atoms. The molecule has 2 unspecified atom stereocenters. The largest absolute Gasteiger partial charge is 0.355 e. The fourth-order valence-electron chi connectivity index (χ4n) is 2.07. The van der Waals surface area contributed by atoms with E-state index in [-0.39, 0.29) is 24.0 Å². The summed E-state index contributed by atoms with van der Waals surface area (Å²) in [5.74, 6) is 0.908. The Balaban J connectivity index is 0.00000324. The van der Waals surface area contributed by atoms with E-state index in [2.05, 4.69) is 53.4 Å². The number of hydrogen-bond donors (Lipinski definition) is 2. The molecule has 2 N–H and O–H groups in total. The van der Waals surface area contributed by atoms with Gasteiger partial charge in [0, 0.05) is 45.3 Å². The lowest BCUT2D eigenvalue weighted by Crippen LogP contribution is -2.55. The van der Waals surface area contributed by atoms with E-state index in [0.29, 0.717) is 12.1 Å². The standard InChI is InChI=1S/C13H29N5.HI/c1-6-11(2)16-13(14-3)15-9-12-10-17(4)7-8-18(12)5;/h11-12H,6-10H2,1-5H3,(H2,14,15,16);1H. The Bertz CT molecular complexity index is 272. The fourth-order valence-corrected chi connectivity index (χ4v) is 2.07. The Morgan fingerprint density at radius 1 is 1.37 bits per heavy atom. The maximum Gasteiger partial charge on any atom is 0.191 e. The van der Waals surface area contributed by atoms with E-state index in [1.165, 1.54) is 0 Å². The van der Waals surface area contributed by atoms with Gasteiger partial charge < -0.3 is 15.5 Å². The zero-order valence-electron chi connectivity index (χ0n) is 12.9. The van der Waals surface area contributed by atoms with E-state index in [4.69, 9.17) is 0 Å². The molecule has 1 saturated heterocycles. The van der Waals surface area contributed by atoms with Gasteiger partial charge in [0.25, 0.3) is 0 Å². The van der Waals surface area contributed by atoms with Crippen LogP contribution in [0, 0.1) is 0 Å². The minimum atomic E-state index is 0. The molecule has 5 nitrogen and oxygen atoms in total. The number of nitrogens with zero attached hydrogens (tertiary/aromatic N) is 3. The van der Waals surface area contributed by atoms with Gasteiger partial charge in [0.05, 0.1) is 0 Å². The Kier molecular flexibility index (Phi) is 9.72. The highest BCUT2D eigenvalue weighted by Crippen LogP contribution is 2.04. The maximum absolute atomic E-state index is 4.27. The van der Waals surface area contributed by atoms with Crippen molar-refractivity contribution in [2.24, 2.45) is 4.99 Å². The summed E-state index contributed by atoms with van der Waals surface area (Å²) < 4.78 is 0. The highest BCUT2D eigenvalue weighted by atomic mass is 127. The molecule has 19 heavy (non-hydrogen) atoms. The molecule has 0 aromatic carbocycles. The molecule has 0 radical (unpaired) electrons. The Labute approximate surface area is 135 Å². The van der Waals surface area contributed by atoms with Crippen molar-refractivity contribution in [3.05, 3.63) is 0 Å². The van der Waals surface area contributed by atoms with Crippen molar-refractivity contribution in [1.82, 2.24) is 20.4 Å². The van der Waals surface area contributed by atoms with Crippen LogP contribution in [-0.2, 0) is 0 Å². The number of nitrogens with one attached hydrogen (secondary N) is 2. The highest BCUT2D eigenvalue weighted by molar-refractivity contribution is 14.0. The predicted molar refractivity (Wildman–Crippen MR) is 93.6 cm³/mol. The fraction of sp³-hybridized carbons (Fsp3) is 0.923. The monoisotopic (exact) mass is 383 g/mol. The smallest absolute Gasteiger partial charge is 0.191 e. The summed E-state index contributed by atoms with van der Waals surface area (Å²) in [4.78, 5) is 9.07. The van der Waals surface area contributed by atoms with Crippen LogP contribution in [0.15, 0.2) is 4.99 Å². The number of piperazine rings is 1. The van der Waals surface area contributed by atoms with Crippen LogP contribution in [0.2, 0.25) is 0 Å². The van der Waals surface area contributed by atoms with Gasteiger partial charge in [-0.15, -0.1) is 24.0 Å². The van der Waals surface area contributed by atoms with Crippen LogP contribution in [0.25, 0.3) is 0 Å². The average Bonchev–Trinajstić information content (AvgIpc) is 2.37. The SMILES string of the molecule is CCC(C)NC(=NC)NCC1CN(C)CCN1C.I. The number of likely N-dealkylation sites (N-methyl/N-ethyl adjacent to an activating group) is 2. The molecular weight excluding hydrogens is 353 g/mol. The maximum atomic E-state index is 4.27. The van der Waals surface area contributed by atoms with Gasteiger partial charge in [-0.1, -0.05) is 6.92 Å². The van der Waals surface area contributed by atoms with Crippen LogP contribution in [-0.4, -0.2) is 75.2 Å². The molecule has 0 bridgehead atoms. The van der Waals surface area contributed by atoms with Gasteiger partial charge in [0.1, 0.15) is 0 Å². The first kappa shape index (κ1) is 18.9. The number of aliphatic imine (C=N–C) groups is 1. The zero-order chi connectivity index (χ0) is 13.5. The van der Waals surface area contributed by atoms with Gasteiger partial charge in [-0.05, 0) is 27.4 Å². The molecule has 1 rings (SSSR count). The van der Waals surface area contributed by atoms with E-state index in [1.807, 2.05) is 7.05 Å².